The molecule has 0 spiro atoms. The SMILES string of the molecule is Cc1ccc2c(n1)/C(=N/OCC(C)(C)CO/N=C(/c1ccccc1)c1ncc(C(F)(F)F)cc1Cl)CCC2. The zero-order valence-electron chi connectivity index (χ0n) is 21.3. The number of halogens is 4. The van der Waals surface area contributed by atoms with Gasteiger partial charge in [-0.3, -0.25) is 9.97 Å². The number of benzene rings is 1. The molecule has 6 nitrogen and oxygen atoms in total. The maximum Gasteiger partial charge on any atom is 0.417 e. The lowest BCUT2D eigenvalue weighted by Crippen LogP contribution is -2.25. The fraction of sp³-hybridized carbons (Fsp3) is 0.357. The predicted octanol–water partition coefficient (Wildman–Crippen LogP) is 7.01. The number of oxime groups is 2. The molecule has 10 heteroatoms. The molecular formula is C28H28ClF3N4O2. The minimum Gasteiger partial charge on any atom is -0.395 e. The predicted molar refractivity (Wildman–Crippen MR) is 140 cm³/mol. The summed E-state index contributed by atoms with van der Waals surface area (Å²) in [5.41, 5.74) is 3.32. The third-order valence-corrected chi connectivity index (χ3v) is 6.22. The quantitative estimate of drug-likeness (QED) is 0.226. The Labute approximate surface area is 224 Å². The molecule has 0 atom stereocenters. The highest BCUT2D eigenvalue weighted by Crippen LogP contribution is 2.32. The van der Waals surface area contributed by atoms with Crippen molar-refractivity contribution in [1.82, 2.24) is 9.97 Å². The smallest absolute Gasteiger partial charge is 0.395 e. The van der Waals surface area contributed by atoms with E-state index in [1.54, 1.807) is 24.3 Å². The van der Waals surface area contributed by atoms with E-state index in [1.165, 1.54) is 5.56 Å². The number of aryl methyl sites for hydroxylation is 2. The Hall–Kier alpha value is -3.46. The molecule has 0 bridgehead atoms. The Bertz CT molecular complexity index is 1340. The first-order valence-corrected chi connectivity index (χ1v) is 12.6. The summed E-state index contributed by atoms with van der Waals surface area (Å²) in [5, 5.41) is 8.42. The Morgan fingerprint density at radius 2 is 1.76 bits per heavy atom. The van der Waals surface area contributed by atoms with Crippen LogP contribution in [-0.2, 0) is 22.3 Å². The summed E-state index contributed by atoms with van der Waals surface area (Å²) in [6.07, 6.45) is -1.06. The van der Waals surface area contributed by atoms with Crippen molar-refractivity contribution < 1.29 is 22.8 Å². The molecule has 0 fully saturated rings. The summed E-state index contributed by atoms with van der Waals surface area (Å²) in [6, 6.07) is 13.8. The second-order valence-corrected chi connectivity index (χ2v) is 10.3. The van der Waals surface area contributed by atoms with Gasteiger partial charge in [0.1, 0.15) is 30.3 Å². The molecule has 0 unspecified atom stereocenters. The van der Waals surface area contributed by atoms with Crippen molar-refractivity contribution >= 4 is 23.0 Å². The summed E-state index contributed by atoms with van der Waals surface area (Å²) >= 11 is 6.20. The van der Waals surface area contributed by atoms with E-state index >= 15 is 0 Å². The van der Waals surface area contributed by atoms with Crippen LogP contribution in [0.5, 0.6) is 0 Å². The van der Waals surface area contributed by atoms with Crippen molar-refractivity contribution in [1.29, 1.82) is 0 Å². The molecule has 0 N–H and O–H groups in total. The van der Waals surface area contributed by atoms with Crippen molar-refractivity contribution in [2.75, 3.05) is 13.2 Å². The van der Waals surface area contributed by atoms with Gasteiger partial charge in [0.05, 0.1) is 16.3 Å². The van der Waals surface area contributed by atoms with Crippen LogP contribution in [0.25, 0.3) is 0 Å². The van der Waals surface area contributed by atoms with Crippen LogP contribution in [0, 0.1) is 12.3 Å². The first kappa shape index (κ1) is 27.6. The molecule has 2 aromatic heterocycles. The second-order valence-electron chi connectivity index (χ2n) is 9.92. The van der Waals surface area contributed by atoms with Gasteiger partial charge in [-0.15, -0.1) is 0 Å². The largest absolute Gasteiger partial charge is 0.417 e. The molecule has 1 aromatic carbocycles. The fourth-order valence-electron chi connectivity index (χ4n) is 3.88. The lowest BCUT2D eigenvalue weighted by molar-refractivity contribution is -0.137. The van der Waals surface area contributed by atoms with Gasteiger partial charge >= 0.3 is 6.18 Å². The van der Waals surface area contributed by atoms with Crippen molar-refractivity contribution in [3.05, 3.63) is 93.5 Å². The van der Waals surface area contributed by atoms with E-state index in [4.69, 9.17) is 21.3 Å². The van der Waals surface area contributed by atoms with Gasteiger partial charge < -0.3 is 9.68 Å². The summed E-state index contributed by atoms with van der Waals surface area (Å²) in [6.45, 7) is 6.23. The lowest BCUT2D eigenvalue weighted by atomic mass is 9.94. The molecule has 1 aliphatic rings. The molecule has 0 amide bonds. The molecule has 1 aliphatic carbocycles. The zero-order valence-corrected chi connectivity index (χ0v) is 22.1. The van der Waals surface area contributed by atoms with Gasteiger partial charge in [0, 0.05) is 22.9 Å². The van der Waals surface area contributed by atoms with E-state index in [0.29, 0.717) is 5.56 Å². The Balaban J connectivity index is 1.47. The number of aromatic nitrogens is 2. The van der Waals surface area contributed by atoms with Crippen LogP contribution in [0.2, 0.25) is 5.02 Å². The zero-order chi connectivity index (χ0) is 27.3. The average Bonchev–Trinajstić information content (AvgIpc) is 2.87. The molecule has 0 radical (unpaired) electrons. The van der Waals surface area contributed by atoms with Crippen LogP contribution >= 0.6 is 11.6 Å². The first-order chi connectivity index (χ1) is 18.0. The van der Waals surface area contributed by atoms with Crippen LogP contribution in [-0.4, -0.2) is 34.6 Å². The van der Waals surface area contributed by atoms with Crippen molar-refractivity contribution in [2.24, 2.45) is 15.7 Å². The highest BCUT2D eigenvalue weighted by atomic mass is 35.5. The molecule has 0 saturated heterocycles. The monoisotopic (exact) mass is 544 g/mol. The minimum absolute atomic E-state index is 0.0880. The third kappa shape index (κ3) is 6.89. The molecule has 2 heterocycles. The van der Waals surface area contributed by atoms with Crippen LogP contribution in [0.3, 0.4) is 0 Å². The number of nitrogens with zero attached hydrogens (tertiary/aromatic N) is 4. The van der Waals surface area contributed by atoms with Gasteiger partial charge in [-0.25, -0.2) is 0 Å². The Morgan fingerprint density at radius 3 is 2.47 bits per heavy atom. The van der Waals surface area contributed by atoms with E-state index < -0.39 is 17.2 Å². The number of pyridine rings is 2. The topological polar surface area (TPSA) is 69.0 Å². The highest BCUT2D eigenvalue weighted by Gasteiger charge is 2.32. The normalized spacial score (nSPS) is 15.3. The number of alkyl halides is 3. The maximum atomic E-state index is 13.1. The van der Waals surface area contributed by atoms with E-state index in [0.717, 1.165) is 48.6 Å². The van der Waals surface area contributed by atoms with Gasteiger partial charge in [-0.1, -0.05) is 72.2 Å². The van der Waals surface area contributed by atoms with E-state index in [-0.39, 0.29) is 29.6 Å². The van der Waals surface area contributed by atoms with Crippen LogP contribution in [0.1, 0.15) is 60.5 Å². The molecule has 38 heavy (non-hydrogen) atoms. The van der Waals surface area contributed by atoms with Gasteiger partial charge in [0.25, 0.3) is 0 Å². The number of rotatable bonds is 8. The van der Waals surface area contributed by atoms with Crippen LogP contribution in [0.4, 0.5) is 13.2 Å². The van der Waals surface area contributed by atoms with E-state index in [2.05, 4.69) is 26.3 Å². The average molecular weight is 545 g/mol. The Morgan fingerprint density at radius 1 is 1.03 bits per heavy atom. The molecule has 0 saturated carbocycles. The molecule has 4 rings (SSSR count). The summed E-state index contributed by atoms with van der Waals surface area (Å²) in [7, 11) is 0. The number of hydrogen-bond donors (Lipinski definition) is 0. The fourth-order valence-corrected chi connectivity index (χ4v) is 4.14. The highest BCUT2D eigenvalue weighted by molar-refractivity contribution is 6.35. The summed E-state index contributed by atoms with van der Waals surface area (Å²) < 4.78 is 39.3. The first-order valence-electron chi connectivity index (χ1n) is 12.2. The summed E-state index contributed by atoms with van der Waals surface area (Å²) in [5.74, 6) is 0. The van der Waals surface area contributed by atoms with Crippen molar-refractivity contribution in [2.45, 2.75) is 46.2 Å². The maximum absolute atomic E-state index is 13.1. The molecule has 200 valence electrons. The van der Waals surface area contributed by atoms with Gasteiger partial charge in [0.2, 0.25) is 0 Å². The van der Waals surface area contributed by atoms with Crippen LogP contribution < -0.4 is 0 Å². The van der Waals surface area contributed by atoms with Crippen molar-refractivity contribution in [3.63, 3.8) is 0 Å². The molecule has 0 aliphatic heterocycles. The second kappa shape index (κ2) is 11.5. The number of fused-ring (bicyclic) bond motifs is 1. The molecule has 3 aromatic rings. The van der Waals surface area contributed by atoms with E-state index in [1.807, 2.05) is 32.9 Å². The third-order valence-electron chi connectivity index (χ3n) is 5.93. The Kier molecular flexibility index (Phi) is 8.35. The van der Waals surface area contributed by atoms with Gasteiger partial charge in [-0.05, 0) is 43.9 Å². The van der Waals surface area contributed by atoms with Gasteiger partial charge in [-0.2, -0.15) is 13.2 Å². The van der Waals surface area contributed by atoms with E-state index in [9.17, 15) is 13.2 Å². The number of hydrogen-bond acceptors (Lipinski definition) is 6. The standard InChI is InChI=1S/C28H28ClF3N4O2/c1-18-12-13-20-10-7-11-23(24(20)34-18)35-37-16-27(2,3)17-38-36-25(19-8-5-4-6-9-19)26-22(29)14-21(15-33-26)28(30,31)32/h4-6,8-9,12-15H,7,10-11,16-17H2,1-3H3/b35-23+,36-25-. The van der Waals surface area contributed by atoms with Gasteiger partial charge in [0.15, 0.2) is 0 Å². The lowest BCUT2D eigenvalue weighted by Gasteiger charge is -2.22. The summed E-state index contributed by atoms with van der Waals surface area (Å²) in [4.78, 5) is 19.9. The van der Waals surface area contributed by atoms with Crippen LogP contribution in [0.15, 0.2) is 65.0 Å². The molecular weight excluding hydrogens is 517 g/mol. The minimum atomic E-state index is -4.56. The van der Waals surface area contributed by atoms with Crippen molar-refractivity contribution in [3.8, 4) is 0 Å².